The number of aromatic amines is 1. The molecule has 2 aromatic rings. The summed E-state index contributed by atoms with van der Waals surface area (Å²) < 4.78 is 37.6. The second-order valence-electron chi connectivity index (χ2n) is 6.51. The molecular formula is C16H20F3N5O. The summed E-state index contributed by atoms with van der Waals surface area (Å²) in [5.41, 5.74) is 0.699. The van der Waals surface area contributed by atoms with Gasteiger partial charge in [0.15, 0.2) is 0 Å². The third-order valence-electron chi connectivity index (χ3n) is 4.79. The van der Waals surface area contributed by atoms with Crippen LogP contribution in [-0.4, -0.2) is 58.1 Å². The highest BCUT2D eigenvalue weighted by Crippen LogP contribution is 2.29. The van der Waals surface area contributed by atoms with Crippen LogP contribution in [0.1, 0.15) is 19.8 Å². The van der Waals surface area contributed by atoms with Crippen molar-refractivity contribution in [2.75, 3.05) is 25.0 Å². The van der Waals surface area contributed by atoms with Crippen molar-refractivity contribution in [1.29, 1.82) is 0 Å². The number of rotatable bonds is 3. The first-order valence-electron chi connectivity index (χ1n) is 8.11. The highest BCUT2D eigenvalue weighted by Gasteiger charge is 2.37. The fourth-order valence-corrected chi connectivity index (χ4v) is 3.36. The smallest absolute Gasteiger partial charge is 0.354 e. The van der Waals surface area contributed by atoms with Gasteiger partial charge in [-0.15, -0.1) is 0 Å². The van der Waals surface area contributed by atoms with Crippen molar-refractivity contribution in [2.45, 2.75) is 32.0 Å². The molecule has 0 saturated carbocycles. The van der Waals surface area contributed by atoms with Crippen LogP contribution in [0.5, 0.6) is 0 Å². The van der Waals surface area contributed by atoms with Crippen LogP contribution in [0.4, 0.5) is 19.0 Å². The Labute approximate surface area is 143 Å². The van der Waals surface area contributed by atoms with Gasteiger partial charge in [-0.05, 0) is 18.4 Å². The van der Waals surface area contributed by atoms with Crippen molar-refractivity contribution >= 4 is 22.8 Å². The van der Waals surface area contributed by atoms with E-state index in [0.29, 0.717) is 24.4 Å². The molecule has 1 amide bonds. The zero-order chi connectivity index (χ0) is 18.2. The Balaban J connectivity index is 1.80. The van der Waals surface area contributed by atoms with E-state index in [-0.39, 0.29) is 18.5 Å². The number of halogens is 3. The molecule has 0 aromatic carbocycles. The summed E-state index contributed by atoms with van der Waals surface area (Å²) in [6.07, 6.45) is -2.02. The van der Waals surface area contributed by atoms with Crippen LogP contribution in [0, 0.1) is 5.92 Å². The SMILES string of the molecule is C[C@@H]1CCN(C(=O)CC(F)(F)F)C[C@@H]1N(C)c1ncnc2[nH]ccc12. The highest BCUT2D eigenvalue weighted by atomic mass is 19.4. The normalized spacial score (nSPS) is 21.6. The summed E-state index contributed by atoms with van der Waals surface area (Å²) in [7, 11) is 1.85. The molecule has 1 fully saturated rings. The van der Waals surface area contributed by atoms with E-state index in [0.717, 1.165) is 5.39 Å². The maximum Gasteiger partial charge on any atom is 0.397 e. The number of likely N-dealkylation sites (tertiary alicyclic amines) is 1. The van der Waals surface area contributed by atoms with Crippen molar-refractivity contribution in [3.8, 4) is 0 Å². The maximum atomic E-state index is 12.5. The number of nitrogens with one attached hydrogen (secondary N) is 1. The van der Waals surface area contributed by atoms with E-state index >= 15 is 0 Å². The van der Waals surface area contributed by atoms with Crippen molar-refractivity contribution in [3.05, 3.63) is 18.6 Å². The lowest BCUT2D eigenvalue weighted by Crippen LogP contribution is -2.53. The third kappa shape index (κ3) is 3.69. The van der Waals surface area contributed by atoms with Crippen LogP contribution in [0.3, 0.4) is 0 Å². The number of piperidine rings is 1. The fourth-order valence-electron chi connectivity index (χ4n) is 3.36. The predicted octanol–water partition coefficient (Wildman–Crippen LogP) is 2.58. The molecule has 9 heteroatoms. The third-order valence-corrected chi connectivity index (χ3v) is 4.79. The van der Waals surface area contributed by atoms with Crippen molar-refractivity contribution in [1.82, 2.24) is 19.9 Å². The van der Waals surface area contributed by atoms with Gasteiger partial charge in [0.2, 0.25) is 5.91 Å². The van der Waals surface area contributed by atoms with Gasteiger partial charge in [0, 0.05) is 26.3 Å². The molecule has 1 N–H and O–H groups in total. The van der Waals surface area contributed by atoms with Gasteiger partial charge in [0.05, 0.1) is 11.4 Å². The number of aromatic nitrogens is 3. The number of carbonyl (C=O) groups excluding carboxylic acids is 1. The number of alkyl halides is 3. The van der Waals surface area contributed by atoms with E-state index in [4.69, 9.17) is 0 Å². The summed E-state index contributed by atoms with van der Waals surface area (Å²) in [4.78, 5) is 26.7. The Bertz CT molecular complexity index is 760. The molecule has 0 bridgehead atoms. The molecule has 2 atom stereocenters. The molecule has 25 heavy (non-hydrogen) atoms. The van der Waals surface area contributed by atoms with Gasteiger partial charge in [0.25, 0.3) is 0 Å². The van der Waals surface area contributed by atoms with Crippen LogP contribution >= 0.6 is 0 Å². The number of fused-ring (bicyclic) bond motifs is 1. The van der Waals surface area contributed by atoms with Crippen LogP contribution < -0.4 is 4.90 Å². The fraction of sp³-hybridized carbons (Fsp3) is 0.562. The van der Waals surface area contributed by atoms with Gasteiger partial charge in [-0.2, -0.15) is 13.2 Å². The lowest BCUT2D eigenvalue weighted by atomic mass is 9.92. The first kappa shape index (κ1) is 17.5. The molecule has 3 heterocycles. The van der Waals surface area contributed by atoms with Gasteiger partial charge in [-0.25, -0.2) is 9.97 Å². The second kappa shape index (κ2) is 6.53. The standard InChI is InChI=1S/C16H20F3N5O/c1-10-4-6-24(13(25)7-16(17,18)19)8-12(10)23(2)15-11-3-5-20-14(11)21-9-22-15/h3,5,9-10,12H,4,6-8H2,1-2H3,(H,20,21,22)/t10-,12+/m1/s1. The topological polar surface area (TPSA) is 65.1 Å². The number of amides is 1. The Morgan fingerprint density at radius 1 is 1.44 bits per heavy atom. The maximum absolute atomic E-state index is 12.5. The minimum absolute atomic E-state index is 0.112. The number of carbonyl (C=O) groups is 1. The lowest BCUT2D eigenvalue weighted by molar-refractivity contribution is -0.162. The summed E-state index contributed by atoms with van der Waals surface area (Å²) in [6, 6.07) is 1.75. The van der Waals surface area contributed by atoms with E-state index in [1.165, 1.54) is 11.2 Å². The van der Waals surface area contributed by atoms with Gasteiger partial charge in [-0.3, -0.25) is 4.79 Å². The van der Waals surface area contributed by atoms with Gasteiger partial charge in [0.1, 0.15) is 24.2 Å². The zero-order valence-corrected chi connectivity index (χ0v) is 14.0. The van der Waals surface area contributed by atoms with Crippen LogP contribution in [0.25, 0.3) is 11.0 Å². The summed E-state index contributed by atoms with van der Waals surface area (Å²) in [5.74, 6) is 0.0596. The van der Waals surface area contributed by atoms with E-state index in [2.05, 4.69) is 15.0 Å². The monoisotopic (exact) mass is 355 g/mol. The molecule has 0 aliphatic carbocycles. The lowest BCUT2D eigenvalue weighted by Gasteiger charge is -2.42. The number of anilines is 1. The molecule has 0 radical (unpaired) electrons. The molecule has 1 saturated heterocycles. The number of likely N-dealkylation sites (N-methyl/N-ethyl adjacent to an activating group) is 1. The molecular weight excluding hydrogens is 335 g/mol. The first-order chi connectivity index (χ1) is 11.8. The van der Waals surface area contributed by atoms with Gasteiger partial charge in [-0.1, -0.05) is 6.92 Å². The Morgan fingerprint density at radius 2 is 2.20 bits per heavy atom. The minimum atomic E-state index is -4.48. The summed E-state index contributed by atoms with van der Waals surface area (Å²) in [6.45, 7) is 2.65. The molecule has 3 rings (SSSR count). The van der Waals surface area contributed by atoms with Crippen molar-refractivity contribution in [2.24, 2.45) is 5.92 Å². The molecule has 1 aliphatic rings. The van der Waals surface area contributed by atoms with Crippen LogP contribution in [0.2, 0.25) is 0 Å². The molecule has 0 unspecified atom stereocenters. The Hall–Kier alpha value is -2.32. The minimum Gasteiger partial charge on any atom is -0.354 e. The van der Waals surface area contributed by atoms with E-state index in [1.807, 2.05) is 24.9 Å². The Kier molecular flexibility index (Phi) is 4.57. The number of H-pyrrole nitrogens is 1. The second-order valence-corrected chi connectivity index (χ2v) is 6.51. The predicted molar refractivity (Wildman–Crippen MR) is 87.1 cm³/mol. The number of hydrogen-bond donors (Lipinski definition) is 1. The molecule has 0 spiro atoms. The van der Waals surface area contributed by atoms with Gasteiger partial charge < -0.3 is 14.8 Å². The van der Waals surface area contributed by atoms with Crippen molar-refractivity contribution < 1.29 is 18.0 Å². The van der Waals surface area contributed by atoms with E-state index in [1.54, 1.807) is 6.20 Å². The molecule has 2 aromatic heterocycles. The Morgan fingerprint density at radius 3 is 2.92 bits per heavy atom. The highest BCUT2D eigenvalue weighted by molar-refractivity contribution is 5.87. The number of nitrogens with zero attached hydrogens (tertiary/aromatic N) is 4. The molecule has 136 valence electrons. The van der Waals surface area contributed by atoms with Gasteiger partial charge >= 0.3 is 6.18 Å². The largest absolute Gasteiger partial charge is 0.397 e. The molecule has 1 aliphatic heterocycles. The van der Waals surface area contributed by atoms with Crippen LogP contribution in [0.15, 0.2) is 18.6 Å². The van der Waals surface area contributed by atoms with Crippen LogP contribution in [-0.2, 0) is 4.79 Å². The number of hydrogen-bond acceptors (Lipinski definition) is 4. The zero-order valence-electron chi connectivity index (χ0n) is 14.0. The first-order valence-corrected chi connectivity index (χ1v) is 8.11. The summed E-state index contributed by atoms with van der Waals surface area (Å²) >= 11 is 0. The average molecular weight is 355 g/mol. The summed E-state index contributed by atoms with van der Waals surface area (Å²) in [5, 5.41) is 0.843. The quantitative estimate of drug-likeness (QED) is 0.919. The van der Waals surface area contributed by atoms with E-state index in [9.17, 15) is 18.0 Å². The van der Waals surface area contributed by atoms with Crippen molar-refractivity contribution in [3.63, 3.8) is 0 Å². The average Bonchev–Trinajstić information content (AvgIpc) is 3.01. The molecule has 6 nitrogen and oxygen atoms in total. The van der Waals surface area contributed by atoms with E-state index < -0.39 is 18.5 Å².